The molecule has 0 radical (unpaired) electrons. The van der Waals surface area contributed by atoms with Crippen LogP contribution in [0, 0.1) is 0 Å². The number of ether oxygens (including phenoxy) is 1. The van der Waals surface area contributed by atoms with Gasteiger partial charge in [0, 0.05) is 30.8 Å². The average Bonchev–Trinajstić information content (AvgIpc) is 2.81. The molecular formula is C24H27N3O4. The molecule has 0 saturated carbocycles. The van der Waals surface area contributed by atoms with Gasteiger partial charge in [-0.25, -0.2) is 0 Å². The third-order valence-corrected chi connectivity index (χ3v) is 5.97. The van der Waals surface area contributed by atoms with Crippen LogP contribution in [0.4, 0.5) is 0 Å². The molecule has 2 saturated heterocycles. The van der Waals surface area contributed by atoms with E-state index >= 15 is 0 Å². The maximum atomic E-state index is 12.8. The van der Waals surface area contributed by atoms with E-state index in [-0.39, 0.29) is 30.3 Å². The van der Waals surface area contributed by atoms with Crippen molar-refractivity contribution in [3.05, 3.63) is 65.2 Å². The van der Waals surface area contributed by atoms with Crippen LogP contribution in [0.2, 0.25) is 0 Å². The summed E-state index contributed by atoms with van der Waals surface area (Å²) in [4.78, 5) is 41.1. The number of piperidine rings is 1. The summed E-state index contributed by atoms with van der Waals surface area (Å²) in [5, 5.41) is 2.90. The maximum Gasteiger partial charge on any atom is 0.251 e. The molecular weight excluding hydrogens is 394 g/mol. The molecule has 7 nitrogen and oxygen atoms in total. The molecule has 2 fully saturated rings. The van der Waals surface area contributed by atoms with E-state index in [1.807, 2.05) is 36.4 Å². The fourth-order valence-electron chi connectivity index (χ4n) is 4.27. The molecule has 3 amide bonds. The Balaban J connectivity index is 1.36. The summed E-state index contributed by atoms with van der Waals surface area (Å²) in [6, 6.07) is 14.4. The van der Waals surface area contributed by atoms with Crippen LogP contribution in [0.1, 0.15) is 40.7 Å². The third-order valence-electron chi connectivity index (χ3n) is 5.97. The van der Waals surface area contributed by atoms with E-state index in [0.29, 0.717) is 25.2 Å². The number of nitrogens with one attached hydrogen (secondary N) is 1. The molecule has 2 heterocycles. The van der Waals surface area contributed by atoms with Crippen molar-refractivity contribution in [2.45, 2.75) is 38.4 Å². The number of methoxy groups -OCH3 is 1. The monoisotopic (exact) mass is 421 g/mol. The molecule has 1 N–H and O–H groups in total. The quantitative estimate of drug-likeness (QED) is 0.777. The van der Waals surface area contributed by atoms with E-state index in [0.717, 1.165) is 36.1 Å². The second-order valence-electron chi connectivity index (χ2n) is 7.98. The summed E-state index contributed by atoms with van der Waals surface area (Å²) < 4.78 is 5.31. The molecule has 162 valence electrons. The number of piperazine rings is 1. The van der Waals surface area contributed by atoms with E-state index < -0.39 is 0 Å². The number of fused-ring (bicyclic) bond motifs is 1. The highest BCUT2D eigenvalue weighted by molar-refractivity contribution is 5.95. The van der Waals surface area contributed by atoms with Crippen molar-refractivity contribution in [3.63, 3.8) is 0 Å². The first-order valence-corrected chi connectivity index (χ1v) is 10.6. The lowest BCUT2D eigenvalue weighted by atomic mass is 9.98. The summed E-state index contributed by atoms with van der Waals surface area (Å²) in [5.41, 5.74) is 2.34. The molecule has 0 bridgehead atoms. The Morgan fingerprint density at radius 3 is 2.65 bits per heavy atom. The first-order valence-electron chi connectivity index (χ1n) is 10.6. The number of hydrogen-bond donors (Lipinski definition) is 1. The Labute approximate surface area is 182 Å². The predicted molar refractivity (Wildman–Crippen MR) is 115 cm³/mol. The number of nitrogens with zero attached hydrogens (tertiary/aromatic N) is 2. The molecule has 4 rings (SSSR count). The van der Waals surface area contributed by atoms with Crippen molar-refractivity contribution in [1.29, 1.82) is 0 Å². The fraction of sp³-hybridized carbons (Fsp3) is 0.375. The van der Waals surface area contributed by atoms with Crippen molar-refractivity contribution in [3.8, 4) is 5.75 Å². The van der Waals surface area contributed by atoms with Crippen LogP contribution in [0.3, 0.4) is 0 Å². The van der Waals surface area contributed by atoms with Crippen LogP contribution in [0.15, 0.2) is 48.5 Å². The highest BCUT2D eigenvalue weighted by Crippen LogP contribution is 2.24. The SMILES string of the molecule is COc1ccccc1CNC(=O)c1ccc(CN2CC(=O)N3CCCC[C@@H]3C2=O)cc1. The van der Waals surface area contributed by atoms with Gasteiger partial charge in [0.2, 0.25) is 11.8 Å². The van der Waals surface area contributed by atoms with Gasteiger partial charge in [-0.2, -0.15) is 0 Å². The summed E-state index contributed by atoms with van der Waals surface area (Å²) >= 11 is 0. The van der Waals surface area contributed by atoms with Crippen LogP contribution in [0.25, 0.3) is 0 Å². The van der Waals surface area contributed by atoms with E-state index in [1.165, 1.54) is 0 Å². The van der Waals surface area contributed by atoms with Gasteiger partial charge in [0.25, 0.3) is 5.91 Å². The zero-order valence-corrected chi connectivity index (χ0v) is 17.7. The largest absolute Gasteiger partial charge is 0.496 e. The minimum Gasteiger partial charge on any atom is -0.496 e. The van der Waals surface area contributed by atoms with E-state index in [1.54, 1.807) is 29.0 Å². The Kier molecular flexibility index (Phi) is 6.21. The molecule has 0 spiro atoms. The standard InChI is InChI=1S/C24H27N3O4/c1-31-21-8-3-2-6-19(21)14-25-23(29)18-11-9-17(10-12-18)15-26-16-22(28)27-13-5-4-7-20(27)24(26)30/h2-3,6,8-12,20H,4-5,7,13-16H2,1H3,(H,25,29)/t20-/m1/s1. The summed E-state index contributed by atoms with van der Waals surface area (Å²) in [6.45, 7) is 1.54. The predicted octanol–water partition coefficient (Wildman–Crippen LogP) is 2.35. The van der Waals surface area contributed by atoms with Gasteiger partial charge in [-0.3, -0.25) is 14.4 Å². The summed E-state index contributed by atoms with van der Waals surface area (Å²) in [6.07, 6.45) is 2.69. The van der Waals surface area contributed by atoms with E-state index in [4.69, 9.17) is 4.74 Å². The molecule has 31 heavy (non-hydrogen) atoms. The van der Waals surface area contributed by atoms with Crippen LogP contribution in [-0.4, -0.2) is 53.8 Å². The van der Waals surface area contributed by atoms with Crippen molar-refractivity contribution in [1.82, 2.24) is 15.1 Å². The minimum absolute atomic E-state index is 0.0247. The van der Waals surface area contributed by atoms with Gasteiger partial charge in [0.1, 0.15) is 18.3 Å². The zero-order valence-electron chi connectivity index (χ0n) is 17.7. The molecule has 2 aromatic carbocycles. The number of carbonyl (C=O) groups is 3. The highest BCUT2D eigenvalue weighted by Gasteiger charge is 2.40. The van der Waals surface area contributed by atoms with Gasteiger partial charge >= 0.3 is 0 Å². The first kappa shape index (κ1) is 20.9. The van der Waals surface area contributed by atoms with Crippen LogP contribution < -0.4 is 10.1 Å². The van der Waals surface area contributed by atoms with Gasteiger partial charge < -0.3 is 19.9 Å². The number of amides is 3. The fourth-order valence-corrected chi connectivity index (χ4v) is 4.27. The van der Waals surface area contributed by atoms with Gasteiger partial charge in [-0.1, -0.05) is 30.3 Å². The van der Waals surface area contributed by atoms with Gasteiger partial charge in [-0.15, -0.1) is 0 Å². The molecule has 2 aliphatic rings. The zero-order chi connectivity index (χ0) is 21.8. The topological polar surface area (TPSA) is 79.0 Å². The maximum absolute atomic E-state index is 12.8. The second-order valence-corrected chi connectivity index (χ2v) is 7.98. The first-order chi connectivity index (χ1) is 15.1. The number of hydrogen-bond acceptors (Lipinski definition) is 4. The summed E-state index contributed by atoms with van der Waals surface area (Å²) in [7, 11) is 1.60. The minimum atomic E-state index is -0.310. The molecule has 1 atom stereocenters. The Bertz CT molecular complexity index is 973. The molecule has 0 aromatic heterocycles. The lowest BCUT2D eigenvalue weighted by Gasteiger charge is -2.42. The Morgan fingerprint density at radius 2 is 1.87 bits per heavy atom. The van der Waals surface area contributed by atoms with Crippen molar-refractivity contribution in [2.75, 3.05) is 20.2 Å². The molecule has 0 aliphatic carbocycles. The van der Waals surface area contributed by atoms with E-state index in [2.05, 4.69) is 5.32 Å². The molecule has 7 heteroatoms. The lowest BCUT2D eigenvalue weighted by molar-refractivity contribution is -0.158. The van der Waals surface area contributed by atoms with Crippen molar-refractivity contribution >= 4 is 17.7 Å². The number of para-hydroxylation sites is 1. The Morgan fingerprint density at radius 1 is 1.10 bits per heavy atom. The normalized spacial score (nSPS) is 18.5. The van der Waals surface area contributed by atoms with Crippen LogP contribution in [0.5, 0.6) is 5.75 Å². The third kappa shape index (κ3) is 4.55. The highest BCUT2D eigenvalue weighted by atomic mass is 16.5. The van der Waals surface area contributed by atoms with Crippen LogP contribution >= 0.6 is 0 Å². The second kappa shape index (κ2) is 9.20. The number of carbonyl (C=O) groups excluding carboxylic acids is 3. The van der Waals surface area contributed by atoms with Gasteiger partial charge in [0.05, 0.1) is 7.11 Å². The van der Waals surface area contributed by atoms with E-state index in [9.17, 15) is 14.4 Å². The van der Waals surface area contributed by atoms with Gasteiger partial charge in [0.15, 0.2) is 0 Å². The van der Waals surface area contributed by atoms with Crippen molar-refractivity contribution < 1.29 is 19.1 Å². The average molecular weight is 421 g/mol. The lowest BCUT2D eigenvalue weighted by Crippen LogP contribution is -2.60. The molecule has 2 aromatic rings. The van der Waals surface area contributed by atoms with Crippen LogP contribution in [-0.2, 0) is 22.7 Å². The Hall–Kier alpha value is -3.35. The van der Waals surface area contributed by atoms with Crippen molar-refractivity contribution in [2.24, 2.45) is 0 Å². The summed E-state index contributed by atoms with van der Waals surface area (Å²) in [5.74, 6) is 0.601. The van der Waals surface area contributed by atoms with Gasteiger partial charge in [-0.05, 0) is 43.0 Å². The molecule has 2 aliphatic heterocycles. The number of rotatable bonds is 6. The molecule has 0 unspecified atom stereocenters. The smallest absolute Gasteiger partial charge is 0.251 e. The number of benzene rings is 2.